The summed E-state index contributed by atoms with van der Waals surface area (Å²) in [7, 11) is -4.01. The van der Waals surface area contributed by atoms with Crippen LogP contribution in [-0.4, -0.2) is 18.3 Å². The molecule has 164 valence electrons. The van der Waals surface area contributed by atoms with Crippen molar-refractivity contribution >= 4 is 67.1 Å². The summed E-state index contributed by atoms with van der Waals surface area (Å²) >= 11 is 18.5. The molecule has 8 nitrogen and oxygen atoms in total. The van der Waals surface area contributed by atoms with E-state index in [2.05, 4.69) is 9.71 Å². The van der Waals surface area contributed by atoms with E-state index in [0.29, 0.717) is 5.69 Å². The SMILES string of the molecule is O=[N+]([O-])c1ccc(Oc2c(Cl)cc(S(=O)(=O)Nc3ccc4cc[nH]c4c3)cc2Cl)c(Cl)c1. The predicted octanol–water partition coefficient (Wildman–Crippen LogP) is 6.63. The predicted molar refractivity (Wildman–Crippen MR) is 124 cm³/mol. The minimum atomic E-state index is -4.01. The molecule has 0 atom stereocenters. The number of rotatable bonds is 6. The number of H-pyrrole nitrogens is 1. The number of benzene rings is 3. The molecule has 0 fully saturated rings. The van der Waals surface area contributed by atoms with Gasteiger partial charge in [-0.15, -0.1) is 0 Å². The first kappa shape index (κ1) is 22.2. The molecular weight excluding hydrogens is 501 g/mol. The standard InChI is InChI=1S/C20H12Cl3N3O5S/c21-15-8-13(26(27)28)3-4-19(15)31-20-16(22)9-14(10-17(20)23)32(29,30)25-12-2-1-11-5-6-24-18(11)7-12/h1-10,24-25H. The molecule has 0 unspecified atom stereocenters. The summed E-state index contributed by atoms with van der Waals surface area (Å²) < 4.78 is 33.8. The highest BCUT2D eigenvalue weighted by molar-refractivity contribution is 7.92. The first-order valence-electron chi connectivity index (χ1n) is 8.85. The average molecular weight is 513 g/mol. The van der Waals surface area contributed by atoms with Gasteiger partial charge < -0.3 is 9.72 Å². The Morgan fingerprint density at radius 1 is 0.938 bits per heavy atom. The van der Waals surface area contributed by atoms with Gasteiger partial charge in [0.15, 0.2) is 5.75 Å². The minimum Gasteiger partial charge on any atom is -0.453 e. The molecule has 0 saturated heterocycles. The number of nitro benzene ring substituents is 1. The number of anilines is 1. The Labute approximate surface area is 196 Å². The smallest absolute Gasteiger partial charge is 0.271 e. The number of fused-ring (bicyclic) bond motifs is 1. The Kier molecular flexibility index (Phi) is 5.91. The number of halogens is 3. The van der Waals surface area contributed by atoms with Crippen molar-refractivity contribution in [1.29, 1.82) is 0 Å². The normalized spacial score (nSPS) is 11.5. The van der Waals surface area contributed by atoms with E-state index in [0.717, 1.165) is 17.0 Å². The lowest BCUT2D eigenvalue weighted by atomic mass is 10.2. The quantitative estimate of drug-likeness (QED) is 0.222. The molecule has 4 rings (SSSR count). The summed E-state index contributed by atoms with van der Waals surface area (Å²) in [6.07, 6.45) is 1.75. The molecule has 4 aromatic rings. The van der Waals surface area contributed by atoms with E-state index in [1.54, 1.807) is 24.4 Å². The molecule has 1 heterocycles. The van der Waals surface area contributed by atoms with Crippen LogP contribution in [0.15, 0.2) is 65.7 Å². The number of non-ortho nitro benzene ring substituents is 1. The highest BCUT2D eigenvalue weighted by Crippen LogP contribution is 2.41. The molecule has 2 N–H and O–H groups in total. The van der Waals surface area contributed by atoms with E-state index in [4.69, 9.17) is 39.5 Å². The van der Waals surface area contributed by atoms with Gasteiger partial charge in [-0.1, -0.05) is 40.9 Å². The molecule has 12 heteroatoms. The Balaban J connectivity index is 1.62. The lowest BCUT2D eigenvalue weighted by Gasteiger charge is -2.14. The van der Waals surface area contributed by atoms with Crippen LogP contribution in [0.2, 0.25) is 15.1 Å². The van der Waals surface area contributed by atoms with E-state index in [-0.39, 0.29) is 37.1 Å². The molecule has 1 aromatic heterocycles. The molecule has 0 radical (unpaired) electrons. The second kappa shape index (κ2) is 8.51. The van der Waals surface area contributed by atoms with Crippen molar-refractivity contribution in [1.82, 2.24) is 4.98 Å². The van der Waals surface area contributed by atoms with Gasteiger partial charge in [-0.2, -0.15) is 0 Å². The van der Waals surface area contributed by atoms with Crippen molar-refractivity contribution < 1.29 is 18.1 Å². The second-order valence-electron chi connectivity index (χ2n) is 6.58. The molecule has 0 amide bonds. The first-order chi connectivity index (χ1) is 15.1. The number of nitrogens with one attached hydrogen (secondary N) is 2. The molecule has 32 heavy (non-hydrogen) atoms. The average Bonchev–Trinajstić information content (AvgIpc) is 3.19. The van der Waals surface area contributed by atoms with Crippen molar-refractivity contribution in [3.63, 3.8) is 0 Å². The molecule has 0 aliphatic carbocycles. The number of hydrogen-bond donors (Lipinski definition) is 2. The largest absolute Gasteiger partial charge is 0.453 e. The van der Waals surface area contributed by atoms with E-state index < -0.39 is 14.9 Å². The number of aromatic amines is 1. The molecule has 0 bridgehead atoms. The van der Waals surface area contributed by atoms with Gasteiger partial charge in [-0.3, -0.25) is 14.8 Å². The van der Waals surface area contributed by atoms with Crippen LogP contribution >= 0.6 is 34.8 Å². The topological polar surface area (TPSA) is 114 Å². The van der Waals surface area contributed by atoms with Crippen LogP contribution < -0.4 is 9.46 Å². The molecule has 0 aliphatic heterocycles. The number of hydrogen-bond acceptors (Lipinski definition) is 5. The first-order valence-corrected chi connectivity index (χ1v) is 11.5. The maximum atomic E-state index is 12.8. The fourth-order valence-electron chi connectivity index (χ4n) is 2.91. The monoisotopic (exact) mass is 511 g/mol. The Hall–Kier alpha value is -2.98. The van der Waals surface area contributed by atoms with E-state index in [1.807, 2.05) is 6.07 Å². The number of aromatic nitrogens is 1. The van der Waals surface area contributed by atoms with Crippen molar-refractivity contribution in [3.8, 4) is 11.5 Å². The summed E-state index contributed by atoms with van der Waals surface area (Å²) in [5, 5.41) is 11.6. The summed E-state index contributed by atoms with van der Waals surface area (Å²) in [6.45, 7) is 0. The molecule has 0 spiro atoms. The van der Waals surface area contributed by atoms with E-state index in [9.17, 15) is 18.5 Å². The lowest BCUT2D eigenvalue weighted by Crippen LogP contribution is -2.13. The Morgan fingerprint density at radius 3 is 2.31 bits per heavy atom. The van der Waals surface area contributed by atoms with Crippen LogP contribution in [0.25, 0.3) is 10.9 Å². The highest BCUT2D eigenvalue weighted by Gasteiger charge is 2.21. The maximum absolute atomic E-state index is 12.8. The lowest BCUT2D eigenvalue weighted by molar-refractivity contribution is -0.384. The van der Waals surface area contributed by atoms with Crippen LogP contribution in [0.4, 0.5) is 11.4 Å². The molecular formula is C20H12Cl3N3O5S. The fraction of sp³-hybridized carbons (Fsp3) is 0. The van der Waals surface area contributed by atoms with Gasteiger partial charge >= 0.3 is 0 Å². The highest BCUT2D eigenvalue weighted by atomic mass is 35.5. The van der Waals surface area contributed by atoms with Crippen LogP contribution in [0.5, 0.6) is 11.5 Å². The van der Waals surface area contributed by atoms with Crippen molar-refractivity contribution in [2.45, 2.75) is 4.90 Å². The number of nitrogens with zero attached hydrogens (tertiary/aromatic N) is 1. The van der Waals surface area contributed by atoms with Gasteiger partial charge in [-0.05, 0) is 41.8 Å². The maximum Gasteiger partial charge on any atom is 0.271 e. The summed E-state index contributed by atoms with van der Waals surface area (Å²) in [5.74, 6) is 0.0184. The van der Waals surface area contributed by atoms with Crippen molar-refractivity contribution in [2.24, 2.45) is 0 Å². The summed E-state index contributed by atoms with van der Waals surface area (Å²) in [5.41, 5.74) is 0.903. The third-order valence-electron chi connectivity index (χ3n) is 4.43. The Bertz CT molecular complexity index is 1450. The van der Waals surface area contributed by atoms with Crippen LogP contribution in [0, 0.1) is 10.1 Å². The molecule has 0 aliphatic rings. The number of sulfonamides is 1. The van der Waals surface area contributed by atoms with Gasteiger partial charge in [0.25, 0.3) is 15.7 Å². The second-order valence-corrected chi connectivity index (χ2v) is 9.48. The van der Waals surface area contributed by atoms with Gasteiger partial charge in [0.05, 0.1) is 30.6 Å². The summed E-state index contributed by atoms with van der Waals surface area (Å²) in [4.78, 5) is 13.1. The van der Waals surface area contributed by atoms with Gasteiger partial charge in [0.2, 0.25) is 0 Å². The summed E-state index contributed by atoms with van der Waals surface area (Å²) in [6, 6.07) is 12.9. The van der Waals surface area contributed by atoms with Gasteiger partial charge in [-0.25, -0.2) is 8.42 Å². The van der Waals surface area contributed by atoms with Crippen LogP contribution in [0.3, 0.4) is 0 Å². The minimum absolute atomic E-state index is 0.0376. The van der Waals surface area contributed by atoms with Crippen molar-refractivity contribution in [2.75, 3.05) is 4.72 Å². The third kappa shape index (κ3) is 4.46. The molecule has 0 saturated carbocycles. The molecule has 3 aromatic carbocycles. The third-order valence-corrected chi connectivity index (χ3v) is 6.65. The Morgan fingerprint density at radius 2 is 1.66 bits per heavy atom. The van der Waals surface area contributed by atoms with E-state index >= 15 is 0 Å². The number of ether oxygens (including phenoxy) is 1. The fourth-order valence-corrected chi connectivity index (χ4v) is 4.92. The van der Waals surface area contributed by atoms with Crippen LogP contribution in [-0.2, 0) is 10.0 Å². The van der Waals surface area contributed by atoms with E-state index in [1.165, 1.54) is 24.3 Å². The number of nitro groups is 1. The van der Waals surface area contributed by atoms with Crippen LogP contribution in [0.1, 0.15) is 0 Å². The zero-order chi connectivity index (χ0) is 23.0. The van der Waals surface area contributed by atoms with Gasteiger partial charge in [0.1, 0.15) is 5.75 Å². The zero-order valence-electron chi connectivity index (χ0n) is 15.8. The van der Waals surface area contributed by atoms with Crippen molar-refractivity contribution in [3.05, 3.63) is 86.0 Å². The zero-order valence-corrected chi connectivity index (χ0v) is 18.9. The van der Waals surface area contributed by atoms with Gasteiger partial charge in [0, 0.05) is 23.8 Å².